The van der Waals surface area contributed by atoms with E-state index in [-0.39, 0.29) is 12.2 Å². The molecule has 1 unspecified atom stereocenters. The molecule has 0 aromatic rings. The van der Waals surface area contributed by atoms with E-state index in [1.807, 2.05) is 0 Å². The zero-order valence-corrected chi connectivity index (χ0v) is 8.98. The summed E-state index contributed by atoms with van der Waals surface area (Å²) in [5.41, 5.74) is 0.250. The SMILES string of the molecule is C=C(CN1CCCC(CCO)C1)C(=O)O. The van der Waals surface area contributed by atoms with Crippen LogP contribution in [0.3, 0.4) is 0 Å². The number of rotatable bonds is 5. The van der Waals surface area contributed by atoms with Gasteiger partial charge in [0.05, 0.1) is 0 Å². The molecule has 1 rings (SSSR count). The van der Waals surface area contributed by atoms with Crippen LogP contribution in [0.5, 0.6) is 0 Å². The van der Waals surface area contributed by atoms with Crippen molar-refractivity contribution in [3.63, 3.8) is 0 Å². The quantitative estimate of drug-likeness (QED) is 0.661. The minimum absolute atomic E-state index is 0.221. The maximum absolute atomic E-state index is 10.6. The van der Waals surface area contributed by atoms with Gasteiger partial charge in [-0.15, -0.1) is 0 Å². The maximum atomic E-state index is 10.6. The Morgan fingerprint density at radius 3 is 2.87 bits per heavy atom. The summed E-state index contributed by atoms with van der Waals surface area (Å²) in [6, 6.07) is 0. The molecule has 1 atom stereocenters. The molecule has 4 nitrogen and oxygen atoms in total. The minimum atomic E-state index is -0.917. The van der Waals surface area contributed by atoms with Crippen LogP contribution >= 0.6 is 0 Å². The van der Waals surface area contributed by atoms with Crippen molar-refractivity contribution in [2.75, 3.05) is 26.2 Å². The average Bonchev–Trinajstić information content (AvgIpc) is 2.18. The number of nitrogens with zero attached hydrogens (tertiary/aromatic N) is 1. The molecule has 0 saturated carbocycles. The molecule has 1 aliphatic heterocycles. The number of aliphatic hydroxyl groups excluding tert-OH is 1. The van der Waals surface area contributed by atoms with Crippen LogP contribution in [-0.4, -0.2) is 47.3 Å². The molecule has 1 saturated heterocycles. The Morgan fingerprint density at radius 2 is 2.27 bits per heavy atom. The predicted octanol–water partition coefficient (Wildman–Crippen LogP) is 0.722. The first-order valence-electron chi connectivity index (χ1n) is 5.37. The van der Waals surface area contributed by atoms with Crippen LogP contribution in [-0.2, 0) is 4.79 Å². The van der Waals surface area contributed by atoms with E-state index in [0.717, 1.165) is 32.4 Å². The highest BCUT2D eigenvalue weighted by Crippen LogP contribution is 2.19. The van der Waals surface area contributed by atoms with Gasteiger partial charge in [-0.3, -0.25) is 4.90 Å². The first kappa shape index (κ1) is 12.2. The third kappa shape index (κ3) is 4.01. The van der Waals surface area contributed by atoms with Crippen LogP contribution in [0.1, 0.15) is 19.3 Å². The monoisotopic (exact) mass is 213 g/mol. The lowest BCUT2D eigenvalue weighted by molar-refractivity contribution is -0.132. The van der Waals surface area contributed by atoms with Gasteiger partial charge < -0.3 is 10.2 Å². The van der Waals surface area contributed by atoms with E-state index in [4.69, 9.17) is 10.2 Å². The van der Waals surface area contributed by atoms with Crippen LogP contribution in [0.25, 0.3) is 0 Å². The molecular formula is C11H19NO3. The topological polar surface area (TPSA) is 60.8 Å². The normalized spacial score (nSPS) is 22.6. The van der Waals surface area contributed by atoms with Crippen LogP contribution in [0, 0.1) is 5.92 Å². The molecule has 86 valence electrons. The summed E-state index contributed by atoms with van der Waals surface area (Å²) >= 11 is 0. The van der Waals surface area contributed by atoms with Gasteiger partial charge in [-0.25, -0.2) is 4.79 Å². The zero-order valence-electron chi connectivity index (χ0n) is 8.98. The highest BCUT2D eigenvalue weighted by Gasteiger charge is 2.20. The van der Waals surface area contributed by atoms with Crippen LogP contribution in [0.2, 0.25) is 0 Å². The minimum Gasteiger partial charge on any atom is -0.478 e. The van der Waals surface area contributed by atoms with Gasteiger partial charge in [0.15, 0.2) is 0 Å². The molecule has 0 radical (unpaired) electrons. The van der Waals surface area contributed by atoms with Crippen molar-refractivity contribution in [3.8, 4) is 0 Å². The van der Waals surface area contributed by atoms with E-state index >= 15 is 0 Å². The first-order valence-corrected chi connectivity index (χ1v) is 5.37. The van der Waals surface area contributed by atoms with E-state index in [2.05, 4.69) is 11.5 Å². The Bertz CT molecular complexity index is 238. The first-order chi connectivity index (χ1) is 7.13. The van der Waals surface area contributed by atoms with Gasteiger partial charge in [-0.2, -0.15) is 0 Å². The average molecular weight is 213 g/mol. The van der Waals surface area contributed by atoms with Crippen molar-refractivity contribution in [2.45, 2.75) is 19.3 Å². The Labute approximate surface area is 90.2 Å². The van der Waals surface area contributed by atoms with Gasteiger partial charge >= 0.3 is 5.97 Å². The second-order valence-electron chi connectivity index (χ2n) is 4.16. The van der Waals surface area contributed by atoms with Gasteiger partial charge in [-0.1, -0.05) is 6.58 Å². The number of likely N-dealkylation sites (tertiary alicyclic amines) is 1. The number of carbonyl (C=O) groups is 1. The summed E-state index contributed by atoms with van der Waals surface area (Å²) in [5, 5.41) is 17.6. The van der Waals surface area contributed by atoms with E-state index in [1.54, 1.807) is 0 Å². The van der Waals surface area contributed by atoms with Crippen molar-refractivity contribution < 1.29 is 15.0 Å². The Balaban J connectivity index is 2.36. The number of aliphatic hydroxyl groups is 1. The van der Waals surface area contributed by atoms with E-state index in [0.29, 0.717) is 12.5 Å². The van der Waals surface area contributed by atoms with Crippen molar-refractivity contribution in [1.82, 2.24) is 4.90 Å². The molecule has 0 spiro atoms. The Morgan fingerprint density at radius 1 is 1.53 bits per heavy atom. The van der Waals surface area contributed by atoms with Gasteiger partial charge in [0.25, 0.3) is 0 Å². The molecule has 0 aliphatic carbocycles. The lowest BCUT2D eigenvalue weighted by Gasteiger charge is -2.32. The van der Waals surface area contributed by atoms with Crippen molar-refractivity contribution >= 4 is 5.97 Å². The molecule has 2 N–H and O–H groups in total. The fraction of sp³-hybridized carbons (Fsp3) is 0.727. The van der Waals surface area contributed by atoms with E-state index in [1.165, 1.54) is 0 Å². The van der Waals surface area contributed by atoms with Crippen LogP contribution < -0.4 is 0 Å². The number of carboxylic acids is 1. The highest BCUT2D eigenvalue weighted by molar-refractivity contribution is 5.86. The molecule has 0 amide bonds. The van der Waals surface area contributed by atoms with Gasteiger partial charge in [0.1, 0.15) is 0 Å². The summed E-state index contributed by atoms with van der Waals surface area (Å²) < 4.78 is 0. The molecule has 0 aromatic heterocycles. The smallest absolute Gasteiger partial charge is 0.332 e. The van der Waals surface area contributed by atoms with Crippen LogP contribution in [0.15, 0.2) is 12.2 Å². The maximum Gasteiger partial charge on any atom is 0.332 e. The number of piperidine rings is 1. The zero-order chi connectivity index (χ0) is 11.3. The standard InChI is InChI=1S/C11H19NO3/c1-9(11(14)15)7-12-5-2-3-10(8-12)4-6-13/h10,13H,1-8H2,(H,14,15). The molecule has 0 bridgehead atoms. The largest absolute Gasteiger partial charge is 0.478 e. The van der Waals surface area contributed by atoms with Gasteiger partial charge in [-0.05, 0) is 31.7 Å². The molecule has 1 aliphatic rings. The van der Waals surface area contributed by atoms with E-state index < -0.39 is 5.97 Å². The second-order valence-corrected chi connectivity index (χ2v) is 4.16. The van der Waals surface area contributed by atoms with Crippen molar-refractivity contribution in [1.29, 1.82) is 0 Å². The fourth-order valence-corrected chi connectivity index (χ4v) is 2.05. The molecule has 4 heteroatoms. The Hall–Kier alpha value is -0.870. The van der Waals surface area contributed by atoms with E-state index in [9.17, 15) is 4.79 Å². The number of hydrogen-bond donors (Lipinski definition) is 2. The molecule has 1 fully saturated rings. The van der Waals surface area contributed by atoms with Crippen molar-refractivity contribution in [2.24, 2.45) is 5.92 Å². The molecule has 15 heavy (non-hydrogen) atoms. The van der Waals surface area contributed by atoms with Crippen molar-refractivity contribution in [3.05, 3.63) is 12.2 Å². The number of aliphatic carboxylic acids is 1. The van der Waals surface area contributed by atoms with Gasteiger partial charge in [0, 0.05) is 25.3 Å². The summed E-state index contributed by atoms with van der Waals surface area (Å²) in [4.78, 5) is 12.7. The fourth-order valence-electron chi connectivity index (χ4n) is 2.05. The summed E-state index contributed by atoms with van der Waals surface area (Å²) in [6.45, 7) is 6.01. The summed E-state index contributed by atoms with van der Waals surface area (Å²) in [6.07, 6.45) is 3.03. The third-order valence-electron chi connectivity index (χ3n) is 2.86. The molecule has 1 heterocycles. The lowest BCUT2D eigenvalue weighted by atomic mass is 9.95. The number of carboxylic acid groups (broad SMARTS) is 1. The highest BCUT2D eigenvalue weighted by atomic mass is 16.4. The molecular weight excluding hydrogens is 194 g/mol. The molecule has 0 aromatic carbocycles. The van der Waals surface area contributed by atoms with Crippen LogP contribution in [0.4, 0.5) is 0 Å². The van der Waals surface area contributed by atoms with Gasteiger partial charge in [0.2, 0.25) is 0 Å². The second kappa shape index (κ2) is 5.88. The summed E-state index contributed by atoms with van der Waals surface area (Å²) in [5.74, 6) is -0.412. The number of hydrogen-bond acceptors (Lipinski definition) is 3. The lowest BCUT2D eigenvalue weighted by Crippen LogP contribution is -2.37. The summed E-state index contributed by atoms with van der Waals surface area (Å²) in [7, 11) is 0. The predicted molar refractivity (Wildman–Crippen MR) is 57.6 cm³/mol. The Kier molecular flexibility index (Phi) is 4.78. The third-order valence-corrected chi connectivity index (χ3v) is 2.86.